The van der Waals surface area contributed by atoms with Crippen LogP contribution in [0.15, 0.2) is 58.0 Å². The Bertz CT molecular complexity index is 986. The van der Waals surface area contributed by atoms with Crippen LogP contribution >= 0.6 is 0 Å². The minimum absolute atomic E-state index is 0.0434. The van der Waals surface area contributed by atoms with E-state index in [1.54, 1.807) is 30.3 Å². The zero-order valence-corrected chi connectivity index (χ0v) is 20.1. The highest BCUT2D eigenvalue weighted by molar-refractivity contribution is 7.89. The highest BCUT2D eigenvalue weighted by Gasteiger charge is 2.35. The van der Waals surface area contributed by atoms with Crippen LogP contribution in [0.2, 0.25) is 0 Å². The fourth-order valence-electron chi connectivity index (χ4n) is 3.15. The summed E-state index contributed by atoms with van der Waals surface area (Å²) in [7, 11) is -3.87. The van der Waals surface area contributed by atoms with E-state index < -0.39 is 34.1 Å². The summed E-state index contributed by atoms with van der Waals surface area (Å²) in [5.41, 5.74) is -0.446. The van der Waals surface area contributed by atoms with Crippen molar-refractivity contribution in [3.63, 3.8) is 0 Å². The summed E-state index contributed by atoms with van der Waals surface area (Å²) in [5.74, 6) is -0.536. The number of carbonyl (C=O) groups excluding carboxylic acids is 2. The molecule has 8 nitrogen and oxygen atoms in total. The number of sulfonamides is 1. The summed E-state index contributed by atoms with van der Waals surface area (Å²) in [6.45, 7) is 9.05. The van der Waals surface area contributed by atoms with Crippen LogP contribution in [-0.2, 0) is 26.2 Å². The molecule has 0 saturated heterocycles. The van der Waals surface area contributed by atoms with Crippen molar-refractivity contribution in [2.24, 2.45) is 5.92 Å². The molecule has 1 aromatic carbocycles. The highest BCUT2D eigenvalue weighted by Crippen LogP contribution is 2.19. The molecular formula is C23H33N3O5S. The average molecular weight is 464 g/mol. The average Bonchev–Trinajstić information content (AvgIpc) is 3.25. The molecule has 2 amide bonds. The Morgan fingerprint density at radius 1 is 1.09 bits per heavy atom. The molecule has 32 heavy (non-hydrogen) atoms. The van der Waals surface area contributed by atoms with Gasteiger partial charge in [-0.15, -0.1) is 0 Å². The summed E-state index contributed by atoms with van der Waals surface area (Å²) in [4.78, 5) is 27.8. The predicted molar refractivity (Wildman–Crippen MR) is 122 cm³/mol. The molecule has 1 heterocycles. The quantitative estimate of drug-likeness (QED) is 0.533. The fraction of sp³-hybridized carbons (Fsp3) is 0.478. The lowest BCUT2D eigenvalue weighted by Crippen LogP contribution is -2.57. The van der Waals surface area contributed by atoms with Crippen molar-refractivity contribution in [2.75, 3.05) is 6.54 Å². The Balaban J connectivity index is 2.27. The van der Waals surface area contributed by atoms with Crippen LogP contribution in [-0.4, -0.2) is 43.3 Å². The SMILES string of the molecule is CCC(C)(C)NC(=O)C(C(C)C)N(Cc1ccco1)C(=O)CNS(=O)(=O)c1ccccc1. The standard InChI is InChI=1S/C23H33N3O5S/c1-6-23(4,5)25-22(28)21(17(2)3)26(16-18-11-10-14-31-18)20(27)15-24-32(29,30)19-12-8-7-9-13-19/h7-14,17,21,24H,6,15-16H2,1-5H3,(H,25,28). The van der Waals surface area contributed by atoms with Gasteiger partial charge in [0.05, 0.1) is 24.2 Å². The minimum atomic E-state index is -3.87. The largest absolute Gasteiger partial charge is 0.467 e. The van der Waals surface area contributed by atoms with Crippen LogP contribution in [0.4, 0.5) is 0 Å². The van der Waals surface area contributed by atoms with Gasteiger partial charge in [0.1, 0.15) is 11.8 Å². The van der Waals surface area contributed by atoms with Crippen molar-refractivity contribution in [1.82, 2.24) is 14.9 Å². The van der Waals surface area contributed by atoms with Crippen molar-refractivity contribution in [1.29, 1.82) is 0 Å². The van der Waals surface area contributed by atoms with Crippen LogP contribution in [0.5, 0.6) is 0 Å². The Morgan fingerprint density at radius 2 is 1.75 bits per heavy atom. The molecule has 2 N–H and O–H groups in total. The molecule has 0 saturated carbocycles. The van der Waals surface area contributed by atoms with Gasteiger partial charge in [0.2, 0.25) is 21.8 Å². The monoisotopic (exact) mass is 463 g/mol. The maximum absolute atomic E-state index is 13.2. The van der Waals surface area contributed by atoms with Gasteiger partial charge in [-0.05, 0) is 50.5 Å². The molecule has 0 aliphatic heterocycles. The van der Waals surface area contributed by atoms with Crippen molar-refractivity contribution in [3.8, 4) is 0 Å². The third-order valence-electron chi connectivity index (χ3n) is 5.27. The summed E-state index contributed by atoms with van der Waals surface area (Å²) < 4.78 is 32.9. The molecule has 1 atom stereocenters. The summed E-state index contributed by atoms with van der Waals surface area (Å²) in [6.07, 6.45) is 2.20. The minimum Gasteiger partial charge on any atom is -0.467 e. The Hall–Kier alpha value is -2.65. The van der Waals surface area contributed by atoms with Gasteiger partial charge >= 0.3 is 0 Å². The molecule has 9 heteroatoms. The van der Waals surface area contributed by atoms with E-state index in [9.17, 15) is 18.0 Å². The smallest absolute Gasteiger partial charge is 0.243 e. The fourth-order valence-corrected chi connectivity index (χ4v) is 4.15. The summed E-state index contributed by atoms with van der Waals surface area (Å²) in [5, 5.41) is 3.00. The van der Waals surface area contributed by atoms with Gasteiger partial charge in [0, 0.05) is 5.54 Å². The third kappa shape index (κ3) is 6.93. The first-order valence-corrected chi connectivity index (χ1v) is 12.1. The first-order valence-electron chi connectivity index (χ1n) is 10.7. The van der Waals surface area contributed by atoms with Gasteiger partial charge in [0.15, 0.2) is 0 Å². The van der Waals surface area contributed by atoms with Gasteiger partial charge in [0.25, 0.3) is 0 Å². The number of carbonyl (C=O) groups is 2. The van der Waals surface area contributed by atoms with Crippen LogP contribution in [0.1, 0.15) is 46.8 Å². The molecular weight excluding hydrogens is 430 g/mol. The lowest BCUT2D eigenvalue weighted by Gasteiger charge is -2.36. The number of hydrogen-bond donors (Lipinski definition) is 2. The molecule has 0 aliphatic rings. The molecule has 1 aromatic heterocycles. The van der Waals surface area contributed by atoms with Crippen LogP contribution < -0.4 is 10.0 Å². The Labute approximate surface area is 190 Å². The molecule has 0 aliphatic carbocycles. The Kier molecular flexibility index (Phi) is 8.63. The zero-order chi connectivity index (χ0) is 23.9. The molecule has 0 radical (unpaired) electrons. The highest BCUT2D eigenvalue weighted by atomic mass is 32.2. The Morgan fingerprint density at radius 3 is 2.28 bits per heavy atom. The number of amides is 2. The lowest BCUT2D eigenvalue weighted by atomic mass is 9.97. The van der Waals surface area contributed by atoms with E-state index in [2.05, 4.69) is 10.0 Å². The zero-order valence-electron chi connectivity index (χ0n) is 19.3. The van der Waals surface area contributed by atoms with Gasteiger partial charge < -0.3 is 14.6 Å². The van der Waals surface area contributed by atoms with Crippen molar-refractivity contribution >= 4 is 21.8 Å². The van der Waals surface area contributed by atoms with Crippen LogP contribution in [0, 0.1) is 5.92 Å². The van der Waals surface area contributed by atoms with Crippen LogP contribution in [0.25, 0.3) is 0 Å². The van der Waals surface area contributed by atoms with Gasteiger partial charge in [-0.1, -0.05) is 39.0 Å². The van der Waals surface area contributed by atoms with Gasteiger partial charge in [-0.2, -0.15) is 0 Å². The number of hydrogen-bond acceptors (Lipinski definition) is 5. The molecule has 176 valence electrons. The van der Waals surface area contributed by atoms with Crippen molar-refractivity contribution in [3.05, 3.63) is 54.5 Å². The molecule has 0 fully saturated rings. The van der Waals surface area contributed by atoms with Crippen molar-refractivity contribution < 1.29 is 22.4 Å². The first kappa shape index (κ1) is 25.6. The number of benzene rings is 1. The second kappa shape index (κ2) is 10.8. The van der Waals surface area contributed by atoms with E-state index in [0.29, 0.717) is 12.2 Å². The van der Waals surface area contributed by atoms with Crippen molar-refractivity contribution in [2.45, 2.75) is 64.1 Å². The number of rotatable bonds is 11. The maximum Gasteiger partial charge on any atom is 0.243 e. The van der Waals surface area contributed by atoms with Gasteiger partial charge in [-0.25, -0.2) is 13.1 Å². The molecule has 0 spiro atoms. The lowest BCUT2D eigenvalue weighted by molar-refractivity contribution is -0.143. The maximum atomic E-state index is 13.2. The normalized spacial score (nSPS) is 13.1. The van der Waals surface area contributed by atoms with E-state index >= 15 is 0 Å². The van der Waals surface area contributed by atoms with E-state index in [4.69, 9.17) is 4.42 Å². The van der Waals surface area contributed by atoms with E-state index in [1.807, 2.05) is 34.6 Å². The van der Waals surface area contributed by atoms with E-state index in [-0.39, 0.29) is 23.3 Å². The van der Waals surface area contributed by atoms with Crippen LogP contribution in [0.3, 0.4) is 0 Å². The predicted octanol–water partition coefficient (Wildman–Crippen LogP) is 2.92. The summed E-state index contributed by atoms with van der Waals surface area (Å²) >= 11 is 0. The third-order valence-corrected chi connectivity index (χ3v) is 6.69. The van der Waals surface area contributed by atoms with E-state index in [0.717, 1.165) is 0 Å². The number of nitrogens with one attached hydrogen (secondary N) is 2. The topological polar surface area (TPSA) is 109 Å². The molecule has 2 aromatic rings. The summed E-state index contributed by atoms with van der Waals surface area (Å²) in [6, 6.07) is 10.4. The number of nitrogens with zero attached hydrogens (tertiary/aromatic N) is 1. The van der Waals surface area contributed by atoms with Gasteiger partial charge in [-0.3, -0.25) is 9.59 Å². The second-order valence-electron chi connectivity index (χ2n) is 8.65. The molecule has 2 rings (SSSR count). The molecule has 0 bridgehead atoms. The van der Waals surface area contributed by atoms with E-state index in [1.165, 1.54) is 23.3 Å². The second-order valence-corrected chi connectivity index (χ2v) is 10.4. The molecule has 1 unspecified atom stereocenters. The number of furan rings is 1. The first-order chi connectivity index (χ1) is 15.0.